The Morgan fingerprint density at radius 1 is 0.887 bits per heavy atom. The van der Waals surface area contributed by atoms with Crippen LogP contribution >= 0.6 is 8.53 Å². The standard InChI is InChI=1S/C47H64N5O9P/c1-32(2)28-42(49-44(53)43-16-12-26-50(43)46(55)56)45(54)51-30-41(61-62(60-27-13-25-48)52(33(3)4)34(5)6)29-38(51)31-59-47(35-14-10-9-11-15-35,36-17-21-39(57-7)22-18-36)37-19-23-40(58-8)24-20-37/h9-11,14-15,17-24,32-34,38,41-43H,12-13,16,26-31H2,1-8H3,(H,49,53)(H,55,56)/t38-,41+,42-,43-,62?/m0/s1. The van der Waals surface area contributed by atoms with Gasteiger partial charge in [-0.05, 0) is 100 Å². The molecule has 0 saturated carbocycles. The maximum atomic E-state index is 15.1. The lowest BCUT2D eigenvalue weighted by molar-refractivity contribution is -0.140. The molecular formula is C47H64N5O9P. The molecule has 0 aromatic heterocycles. The summed E-state index contributed by atoms with van der Waals surface area (Å²) >= 11 is 0. The normalized spacial score (nSPS) is 18.9. The second kappa shape index (κ2) is 22.5. The number of benzene rings is 3. The van der Waals surface area contributed by atoms with Gasteiger partial charge in [0.15, 0.2) is 0 Å². The summed E-state index contributed by atoms with van der Waals surface area (Å²) in [5.74, 6) is 0.613. The zero-order chi connectivity index (χ0) is 45.0. The Morgan fingerprint density at radius 3 is 1.98 bits per heavy atom. The minimum atomic E-state index is -1.64. The van der Waals surface area contributed by atoms with Gasteiger partial charge in [-0.3, -0.25) is 14.5 Å². The van der Waals surface area contributed by atoms with Crippen LogP contribution in [-0.4, -0.2) is 114 Å². The summed E-state index contributed by atoms with van der Waals surface area (Å²) in [7, 11) is 1.60. The molecule has 1 unspecified atom stereocenters. The molecule has 336 valence electrons. The molecule has 2 fully saturated rings. The van der Waals surface area contributed by atoms with Crippen LogP contribution < -0.4 is 14.8 Å². The smallest absolute Gasteiger partial charge is 0.407 e. The Balaban J connectivity index is 1.57. The van der Waals surface area contributed by atoms with E-state index in [0.717, 1.165) is 21.6 Å². The van der Waals surface area contributed by atoms with Crippen molar-refractivity contribution < 1.29 is 42.7 Å². The van der Waals surface area contributed by atoms with Crippen LogP contribution in [0.1, 0.15) is 90.3 Å². The van der Waals surface area contributed by atoms with Gasteiger partial charge in [-0.1, -0.05) is 68.4 Å². The third-order valence-electron chi connectivity index (χ3n) is 11.3. The summed E-state index contributed by atoms with van der Waals surface area (Å²) in [4.78, 5) is 43.8. The lowest BCUT2D eigenvalue weighted by Crippen LogP contribution is -2.55. The molecule has 2 N–H and O–H groups in total. The van der Waals surface area contributed by atoms with Crippen LogP contribution in [0.2, 0.25) is 0 Å². The fourth-order valence-corrected chi connectivity index (χ4v) is 10.2. The van der Waals surface area contributed by atoms with Crippen LogP contribution in [0.4, 0.5) is 4.79 Å². The number of nitrogens with zero attached hydrogens (tertiary/aromatic N) is 4. The van der Waals surface area contributed by atoms with Gasteiger partial charge in [-0.15, -0.1) is 0 Å². The van der Waals surface area contributed by atoms with Gasteiger partial charge >= 0.3 is 6.09 Å². The summed E-state index contributed by atoms with van der Waals surface area (Å²) in [5.41, 5.74) is 1.37. The van der Waals surface area contributed by atoms with Gasteiger partial charge in [-0.25, -0.2) is 9.46 Å². The lowest BCUT2D eigenvalue weighted by Gasteiger charge is -2.38. The highest BCUT2D eigenvalue weighted by Crippen LogP contribution is 2.49. The van der Waals surface area contributed by atoms with Crippen molar-refractivity contribution >= 4 is 26.4 Å². The van der Waals surface area contributed by atoms with Crippen molar-refractivity contribution in [3.63, 3.8) is 0 Å². The number of methoxy groups -OCH3 is 2. The van der Waals surface area contributed by atoms with Crippen LogP contribution in [0.15, 0.2) is 78.9 Å². The average Bonchev–Trinajstić information content (AvgIpc) is 3.92. The molecule has 0 spiro atoms. The van der Waals surface area contributed by atoms with E-state index in [9.17, 15) is 20.0 Å². The first kappa shape index (κ1) is 48.3. The van der Waals surface area contributed by atoms with Crippen LogP contribution in [0.5, 0.6) is 11.5 Å². The number of ether oxygens (including phenoxy) is 3. The number of nitriles is 1. The predicted octanol–water partition coefficient (Wildman–Crippen LogP) is 7.95. The highest BCUT2D eigenvalue weighted by molar-refractivity contribution is 7.44. The third-order valence-corrected chi connectivity index (χ3v) is 13.5. The number of amides is 3. The van der Waals surface area contributed by atoms with Gasteiger partial charge in [0.1, 0.15) is 29.2 Å². The summed E-state index contributed by atoms with van der Waals surface area (Å²) < 4.78 is 33.8. The van der Waals surface area contributed by atoms with Crippen LogP contribution in [-0.2, 0) is 29.0 Å². The van der Waals surface area contributed by atoms with E-state index in [-0.39, 0.29) is 56.6 Å². The first-order valence-electron chi connectivity index (χ1n) is 21.6. The number of hydrogen-bond donors (Lipinski definition) is 2. The summed E-state index contributed by atoms with van der Waals surface area (Å²) in [6.07, 6.45) is 0.231. The molecule has 14 nitrogen and oxygen atoms in total. The number of nitrogens with one attached hydrogen (secondary N) is 1. The fraction of sp³-hybridized carbons (Fsp3) is 0.532. The van der Waals surface area contributed by atoms with E-state index in [1.807, 2.05) is 92.7 Å². The molecule has 2 heterocycles. The van der Waals surface area contributed by atoms with Crippen molar-refractivity contribution in [1.29, 1.82) is 5.26 Å². The van der Waals surface area contributed by atoms with Gasteiger partial charge in [0.25, 0.3) is 8.53 Å². The average molecular weight is 874 g/mol. The van der Waals surface area contributed by atoms with Gasteiger partial charge in [-0.2, -0.15) is 5.26 Å². The molecule has 2 saturated heterocycles. The van der Waals surface area contributed by atoms with Gasteiger partial charge < -0.3 is 38.6 Å². The summed E-state index contributed by atoms with van der Waals surface area (Å²) in [6.45, 7) is 13.0. The van der Waals surface area contributed by atoms with E-state index in [2.05, 4.69) is 43.8 Å². The number of likely N-dealkylation sites (tertiary alicyclic amines) is 2. The molecule has 0 radical (unpaired) electrons. The van der Waals surface area contributed by atoms with E-state index in [0.29, 0.717) is 37.2 Å². The van der Waals surface area contributed by atoms with Crippen molar-refractivity contribution in [3.05, 3.63) is 95.6 Å². The lowest BCUT2D eigenvalue weighted by atomic mass is 9.80. The number of rotatable bonds is 21. The van der Waals surface area contributed by atoms with Gasteiger partial charge in [0.2, 0.25) is 11.8 Å². The molecule has 62 heavy (non-hydrogen) atoms. The maximum Gasteiger partial charge on any atom is 0.407 e. The van der Waals surface area contributed by atoms with Gasteiger partial charge in [0, 0.05) is 25.2 Å². The Bertz CT molecular complexity index is 1890. The van der Waals surface area contributed by atoms with Crippen LogP contribution in [0.3, 0.4) is 0 Å². The summed E-state index contributed by atoms with van der Waals surface area (Å²) in [6, 6.07) is 25.4. The monoisotopic (exact) mass is 873 g/mol. The highest BCUT2D eigenvalue weighted by atomic mass is 31.2. The Kier molecular flexibility index (Phi) is 17.5. The zero-order valence-electron chi connectivity index (χ0n) is 37.4. The van der Waals surface area contributed by atoms with Crippen LogP contribution in [0.25, 0.3) is 0 Å². The first-order chi connectivity index (χ1) is 29.7. The minimum absolute atomic E-state index is 0.0237. The number of carbonyl (C=O) groups is 3. The molecule has 2 aliphatic heterocycles. The number of carboxylic acid groups (broad SMARTS) is 1. The highest BCUT2D eigenvalue weighted by Gasteiger charge is 2.46. The molecule has 2 aliphatic rings. The largest absolute Gasteiger partial charge is 0.497 e. The SMILES string of the molecule is COc1ccc(C(OC[C@@H]2C[C@@H](OP(OCCC#N)N(C(C)C)C(C)C)CN2C(=O)[C@H](CC(C)C)NC(=O)[C@@H]2CCCN2C(=O)O)(c2ccccc2)c2ccc(OC)cc2)cc1. The second-order valence-corrected chi connectivity index (χ2v) is 18.2. The molecule has 5 atom stereocenters. The van der Waals surface area contributed by atoms with Crippen molar-refractivity contribution in [2.24, 2.45) is 5.92 Å². The van der Waals surface area contributed by atoms with E-state index in [1.165, 1.54) is 0 Å². The quantitative estimate of drug-likeness (QED) is 0.0607. The number of hydrogen-bond acceptors (Lipinski definition) is 10. The molecule has 0 bridgehead atoms. The van der Waals surface area contributed by atoms with Gasteiger partial charge in [0.05, 0.1) is 52.1 Å². The van der Waals surface area contributed by atoms with Crippen LogP contribution in [0, 0.1) is 17.2 Å². The summed E-state index contributed by atoms with van der Waals surface area (Å²) in [5, 5.41) is 22.2. The van der Waals surface area contributed by atoms with Crippen molar-refractivity contribution in [3.8, 4) is 17.6 Å². The number of carbonyl (C=O) groups excluding carboxylic acids is 2. The molecule has 5 rings (SSSR count). The molecule has 15 heteroatoms. The molecule has 3 amide bonds. The van der Waals surface area contributed by atoms with E-state index >= 15 is 4.79 Å². The Hall–Kier alpha value is -4.77. The van der Waals surface area contributed by atoms with E-state index in [4.69, 9.17) is 23.3 Å². The molecule has 3 aromatic carbocycles. The first-order valence-corrected chi connectivity index (χ1v) is 22.7. The van der Waals surface area contributed by atoms with Crippen molar-refractivity contribution in [2.75, 3.05) is 40.5 Å². The Morgan fingerprint density at radius 2 is 1.47 bits per heavy atom. The van der Waals surface area contributed by atoms with E-state index in [1.54, 1.807) is 19.1 Å². The maximum absolute atomic E-state index is 15.1. The Labute approximate surface area is 368 Å². The van der Waals surface area contributed by atoms with Crippen molar-refractivity contribution in [1.82, 2.24) is 19.8 Å². The molecular weight excluding hydrogens is 810 g/mol. The van der Waals surface area contributed by atoms with E-state index < -0.39 is 50.4 Å². The van der Waals surface area contributed by atoms with Crippen molar-refractivity contribution in [2.45, 2.75) is 116 Å². The fourth-order valence-electron chi connectivity index (χ4n) is 8.52. The minimum Gasteiger partial charge on any atom is -0.497 e. The molecule has 0 aliphatic carbocycles. The second-order valence-electron chi connectivity index (χ2n) is 16.8. The predicted molar refractivity (Wildman–Crippen MR) is 238 cm³/mol. The third kappa shape index (κ3) is 11.6. The zero-order valence-corrected chi connectivity index (χ0v) is 38.3. The molecule has 3 aromatic rings. The topological polar surface area (TPSA) is 163 Å².